The molecule has 0 atom stereocenters. The maximum atomic E-state index is 14.8. The van der Waals surface area contributed by atoms with Crippen molar-refractivity contribution in [1.82, 2.24) is 18.5 Å². The molecule has 5 rings (SSSR count). The highest BCUT2D eigenvalue weighted by atomic mass is 32.2. The largest absolute Gasteiger partial charge is 0.483 e. The topological polar surface area (TPSA) is 110 Å². The molecule has 12 heteroatoms. The summed E-state index contributed by atoms with van der Waals surface area (Å²) in [7, 11) is 0.700. The van der Waals surface area contributed by atoms with Crippen LogP contribution in [0.5, 0.6) is 5.75 Å². The van der Waals surface area contributed by atoms with E-state index in [-0.39, 0.29) is 50.3 Å². The summed E-state index contributed by atoms with van der Waals surface area (Å²) in [4.78, 5) is 27.5. The van der Waals surface area contributed by atoms with E-state index in [4.69, 9.17) is 9.47 Å². The van der Waals surface area contributed by atoms with Crippen LogP contribution < -0.4 is 9.46 Å². The molecule has 1 aromatic heterocycles. The summed E-state index contributed by atoms with van der Waals surface area (Å²) in [5, 5.41) is 0.907. The maximum absolute atomic E-state index is 14.8. The molecule has 2 heterocycles. The van der Waals surface area contributed by atoms with Crippen LogP contribution in [-0.2, 0) is 26.8 Å². The fourth-order valence-electron chi connectivity index (χ4n) is 5.80. The molecule has 1 aliphatic heterocycles. The van der Waals surface area contributed by atoms with Crippen LogP contribution in [0.2, 0.25) is 0 Å². The number of rotatable bonds is 1. The first-order chi connectivity index (χ1) is 20.1. The van der Waals surface area contributed by atoms with E-state index in [1.165, 1.54) is 30.1 Å². The number of ether oxygens (including phenoxy) is 2. The lowest BCUT2D eigenvalue weighted by molar-refractivity contribution is -0.132. The SMILES string of the molecule is CN1CCOCCN(C)S(=O)(=O)NC(=O)c2ccc3c(C4CCCCC4)c(n(C)c3c2)-c2cc(F)ccc2OCC1=O. The third-order valence-electron chi connectivity index (χ3n) is 8.24. The number of hydrogen-bond acceptors (Lipinski definition) is 6. The lowest BCUT2D eigenvalue weighted by atomic mass is 9.81. The molecule has 1 saturated carbocycles. The number of nitrogens with one attached hydrogen (secondary N) is 1. The molecule has 1 aliphatic carbocycles. The number of carbonyl (C=O) groups excluding carboxylic acids is 2. The van der Waals surface area contributed by atoms with E-state index in [9.17, 15) is 22.4 Å². The standard InChI is InChI=1S/C30H37FN4O6S/c1-33-13-15-40-16-14-34(2)42(38,39)32-30(37)21-9-11-23-25(17-21)35(3)29(28(23)20-7-5-4-6-8-20)24-18-22(31)10-12-26(24)41-19-27(33)36/h9-12,17-18,20H,4-8,13-16,19H2,1-3H3,(H,32,37). The monoisotopic (exact) mass is 600 g/mol. The number of carbonyl (C=O) groups is 2. The van der Waals surface area contributed by atoms with Gasteiger partial charge in [0.25, 0.3) is 11.8 Å². The number of halogens is 1. The predicted octanol–water partition coefficient (Wildman–Crippen LogP) is 3.81. The van der Waals surface area contributed by atoms with Crippen LogP contribution in [0.3, 0.4) is 0 Å². The van der Waals surface area contributed by atoms with Crippen molar-refractivity contribution in [2.45, 2.75) is 38.0 Å². The second kappa shape index (κ2) is 12.4. The Morgan fingerprint density at radius 3 is 2.45 bits per heavy atom. The Hall–Kier alpha value is -3.48. The van der Waals surface area contributed by atoms with Crippen molar-refractivity contribution in [2.24, 2.45) is 7.05 Å². The van der Waals surface area contributed by atoms with Gasteiger partial charge in [-0.1, -0.05) is 25.3 Å². The Bertz CT molecular complexity index is 1600. The van der Waals surface area contributed by atoms with E-state index in [0.29, 0.717) is 16.8 Å². The Labute approximate surface area is 245 Å². The van der Waals surface area contributed by atoms with Gasteiger partial charge >= 0.3 is 10.2 Å². The van der Waals surface area contributed by atoms with Crippen LogP contribution in [-0.4, -0.2) is 81.0 Å². The van der Waals surface area contributed by atoms with Gasteiger partial charge < -0.3 is 18.9 Å². The summed E-state index contributed by atoms with van der Waals surface area (Å²) in [6, 6.07) is 9.38. The molecule has 10 nitrogen and oxygen atoms in total. The molecule has 0 spiro atoms. The van der Waals surface area contributed by atoms with Gasteiger partial charge in [0.15, 0.2) is 6.61 Å². The molecule has 0 unspecified atom stereocenters. The average Bonchev–Trinajstić information content (AvgIpc) is 3.26. The third kappa shape index (κ3) is 6.16. The van der Waals surface area contributed by atoms with Gasteiger partial charge in [-0.3, -0.25) is 9.59 Å². The van der Waals surface area contributed by atoms with Crippen molar-refractivity contribution in [2.75, 3.05) is 47.0 Å². The van der Waals surface area contributed by atoms with Gasteiger partial charge in [0.2, 0.25) is 0 Å². The lowest BCUT2D eigenvalue weighted by Crippen LogP contribution is -2.43. The first-order valence-electron chi connectivity index (χ1n) is 14.2. The minimum Gasteiger partial charge on any atom is -0.483 e. The van der Waals surface area contributed by atoms with Crippen LogP contribution >= 0.6 is 0 Å². The summed E-state index contributed by atoms with van der Waals surface area (Å²) < 4.78 is 57.1. The first-order valence-corrected chi connectivity index (χ1v) is 15.7. The average molecular weight is 601 g/mol. The summed E-state index contributed by atoms with van der Waals surface area (Å²) in [5.74, 6) is -0.895. The zero-order valence-corrected chi connectivity index (χ0v) is 25.0. The van der Waals surface area contributed by atoms with Crippen LogP contribution in [0.25, 0.3) is 22.2 Å². The van der Waals surface area contributed by atoms with Crippen molar-refractivity contribution in [3.63, 3.8) is 0 Å². The molecule has 3 aromatic rings. The number of fused-ring (bicyclic) bond motifs is 4. The van der Waals surface area contributed by atoms with Gasteiger partial charge in [-0.2, -0.15) is 12.7 Å². The summed E-state index contributed by atoms with van der Waals surface area (Å²) in [6.45, 7) is 0.291. The molecule has 3 bridgehead atoms. The Morgan fingerprint density at radius 1 is 0.952 bits per heavy atom. The van der Waals surface area contributed by atoms with Crippen LogP contribution in [0.4, 0.5) is 4.39 Å². The molecule has 2 aromatic carbocycles. The van der Waals surface area contributed by atoms with Crippen LogP contribution in [0, 0.1) is 5.82 Å². The van der Waals surface area contributed by atoms with Crippen molar-refractivity contribution in [1.29, 1.82) is 0 Å². The molecule has 226 valence electrons. The number of likely N-dealkylation sites (N-methyl/N-ethyl adjacent to an activating group) is 2. The lowest BCUT2D eigenvalue weighted by Gasteiger charge is -2.24. The van der Waals surface area contributed by atoms with Crippen LogP contribution in [0.15, 0.2) is 36.4 Å². The zero-order chi connectivity index (χ0) is 30.0. The van der Waals surface area contributed by atoms with Crippen molar-refractivity contribution < 1.29 is 31.9 Å². The van der Waals surface area contributed by atoms with Gasteiger partial charge in [-0.25, -0.2) is 9.11 Å². The number of hydrogen-bond donors (Lipinski definition) is 1. The van der Waals surface area contributed by atoms with E-state index in [0.717, 1.165) is 53.1 Å². The Kier molecular flexibility index (Phi) is 8.86. The molecule has 0 radical (unpaired) electrons. The van der Waals surface area contributed by atoms with E-state index in [2.05, 4.69) is 4.72 Å². The Morgan fingerprint density at radius 2 is 1.69 bits per heavy atom. The second-order valence-electron chi connectivity index (χ2n) is 11.0. The van der Waals surface area contributed by atoms with Gasteiger partial charge in [0, 0.05) is 56.3 Å². The number of nitrogens with zero attached hydrogens (tertiary/aromatic N) is 3. The van der Waals surface area contributed by atoms with Gasteiger partial charge in [0.05, 0.1) is 18.9 Å². The molecule has 2 amide bonds. The fourth-order valence-corrected chi connectivity index (χ4v) is 6.62. The molecule has 1 fully saturated rings. The summed E-state index contributed by atoms with van der Waals surface area (Å²) in [6.07, 6.45) is 5.23. The van der Waals surface area contributed by atoms with Gasteiger partial charge in [-0.15, -0.1) is 0 Å². The maximum Gasteiger partial charge on any atom is 0.303 e. The van der Waals surface area contributed by atoms with Crippen LogP contribution in [0.1, 0.15) is 53.9 Å². The fraction of sp³-hybridized carbons (Fsp3) is 0.467. The van der Waals surface area contributed by atoms with E-state index >= 15 is 0 Å². The molecule has 1 N–H and O–H groups in total. The first kappa shape index (κ1) is 30.0. The molecule has 2 aliphatic rings. The molecular weight excluding hydrogens is 563 g/mol. The zero-order valence-electron chi connectivity index (χ0n) is 24.2. The minimum atomic E-state index is -4.13. The van der Waals surface area contributed by atoms with E-state index in [1.807, 2.05) is 17.7 Å². The highest BCUT2D eigenvalue weighted by Crippen LogP contribution is 2.46. The Balaban J connectivity index is 1.67. The molecular formula is C30H37FN4O6S. The van der Waals surface area contributed by atoms with E-state index in [1.54, 1.807) is 19.2 Å². The number of aromatic nitrogens is 1. The predicted molar refractivity (Wildman–Crippen MR) is 157 cm³/mol. The molecule has 0 saturated heterocycles. The number of amides is 2. The molecule has 42 heavy (non-hydrogen) atoms. The van der Waals surface area contributed by atoms with Gasteiger partial charge in [-0.05, 0) is 54.7 Å². The quantitative estimate of drug-likeness (QED) is 0.455. The number of benzene rings is 2. The highest BCUT2D eigenvalue weighted by molar-refractivity contribution is 7.87. The van der Waals surface area contributed by atoms with Crippen molar-refractivity contribution in [3.05, 3.63) is 53.3 Å². The van der Waals surface area contributed by atoms with Crippen molar-refractivity contribution >= 4 is 32.9 Å². The second-order valence-corrected chi connectivity index (χ2v) is 12.8. The number of aryl methyl sites for hydroxylation is 1. The highest BCUT2D eigenvalue weighted by Gasteiger charge is 2.29. The van der Waals surface area contributed by atoms with Crippen molar-refractivity contribution in [3.8, 4) is 17.0 Å². The summed E-state index contributed by atoms with van der Waals surface area (Å²) in [5.41, 5.74) is 3.18. The van der Waals surface area contributed by atoms with Gasteiger partial charge in [0.1, 0.15) is 11.6 Å². The van der Waals surface area contributed by atoms with E-state index < -0.39 is 21.9 Å². The smallest absolute Gasteiger partial charge is 0.303 e. The normalized spacial score (nSPS) is 20.0. The third-order valence-corrected chi connectivity index (χ3v) is 9.69. The summed E-state index contributed by atoms with van der Waals surface area (Å²) >= 11 is 0. The minimum absolute atomic E-state index is 0.0156.